The van der Waals surface area contributed by atoms with Crippen molar-refractivity contribution in [3.63, 3.8) is 0 Å². The van der Waals surface area contributed by atoms with Gasteiger partial charge >= 0.3 is 5.97 Å². The van der Waals surface area contributed by atoms with Crippen molar-refractivity contribution in [2.45, 2.75) is 53.0 Å². The number of aromatic nitrogens is 2. The minimum absolute atomic E-state index is 0.296. The van der Waals surface area contributed by atoms with E-state index < -0.39 is 5.97 Å². The number of hydrogen-bond acceptors (Lipinski definition) is 2. The molecule has 1 atom stereocenters. The molecule has 1 unspecified atom stereocenters. The Morgan fingerprint density at radius 3 is 2.57 bits per heavy atom. The minimum Gasteiger partial charge on any atom is -0.478 e. The Hall–Kier alpha value is -1.84. The number of benzene rings is 1. The van der Waals surface area contributed by atoms with E-state index in [1.165, 1.54) is 6.42 Å². The maximum atomic E-state index is 11.1. The van der Waals surface area contributed by atoms with Crippen LogP contribution in [0, 0.1) is 5.92 Å². The lowest BCUT2D eigenvalue weighted by molar-refractivity contribution is 0.0697. The lowest BCUT2D eigenvalue weighted by Crippen LogP contribution is -2.10. The van der Waals surface area contributed by atoms with Crippen LogP contribution in [0.2, 0.25) is 0 Å². The summed E-state index contributed by atoms with van der Waals surface area (Å²) in [6.45, 7) is 8.77. The van der Waals surface area contributed by atoms with Crippen LogP contribution in [0.25, 0.3) is 11.0 Å². The van der Waals surface area contributed by atoms with Crippen molar-refractivity contribution in [3.8, 4) is 0 Å². The third-order valence-electron chi connectivity index (χ3n) is 3.93. The van der Waals surface area contributed by atoms with Crippen LogP contribution in [0.3, 0.4) is 0 Å². The van der Waals surface area contributed by atoms with E-state index in [-0.39, 0.29) is 0 Å². The number of rotatable bonds is 6. The molecule has 0 saturated carbocycles. The molecule has 0 aliphatic heterocycles. The van der Waals surface area contributed by atoms with Gasteiger partial charge in [0.2, 0.25) is 0 Å². The molecular formula is C17H24N2O2. The van der Waals surface area contributed by atoms with Gasteiger partial charge in [0.25, 0.3) is 0 Å². The fourth-order valence-corrected chi connectivity index (χ4v) is 2.73. The molecular weight excluding hydrogens is 264 g/mol. The highest BCUT2D eigenvalue weighted by Crippen LogP contribution is 2.26. The summed E-state index contributed by atoms with van der Waals surface area (Å²) in [5.74, 6) is 0.812. The summed E-state index contributed by atoms with van der Waals surface area (Å²) in [4.78, 5) is 15.7. The normalized spacial score (nSPS) is 13.0. The average Bonchev–Trinajstić information content (AvgIpc) is 2.82. The standard InChI is InChI=1S/C17H24N2O2/c1-5-16-18-14-10-13(17(20)21)8-9-15(14)19(16)12(4)7-6-11(2)3/h8-12H,5-7H2,1-4H3,(H,20,21). The summed E-state index contributed by atoms with van der Waals surface area (Å²) in [6, 6.07) is 5.60. The van der Waals surface area contributed by atoms with Crippen LogP contribution in [0.5, 0.6) is 0 Å². The Balaban J connectivity index is 2.43. The molecule has 1 N–H and O–H groups in total. The summed E-state index contributed by atoms with van der Waals surface area (Å²) >= 11 is 0. The quantitative estimate of drug-likeness (QED) is 0.862. The molecule has 1 aromatic heterocycles. The molecule has 0 amide bonds. The number of fused-ring (bicyclic) bond motifs is 1. The van der Waals surface area contributed by atoms with Crippen molar-refractivity contribution in [1.82, 2.24) is 9.55 Å². The second-order valence-electron chi connectivity index (χ2n) is 6.08. The Kier molecular flexibility index (Phi) is 4.66. The monoisotopic (exact) mass is 288 g/mol. The van der Waals surface area contributed by atoms with Crippen molar-refractivity contribution < 1.29 is 9.90 Å². The zero-order valence-electron chi connectivity index (χ0n) is 13.3. The van der Waals surface area contributed by atoms with E-state index in [1.54, 1.807) is 12.1 Å². The topological polar surface area (TPSA) is 55.1 Å². The van der Waals surface area contributed by atoms with E-state index in [1.807, 2.05) is 6.07 Å². The number of carbonyl (C=O) groups is 1. The molecule has 0 saturated heterocycles. The van der Waals surface area contributed by atoms with Crippen LogP contribution < -0.4 is 0 Å². The highest BCUT2D eigenvalue weighted by atomic mass is 16.4. The number of aryl methyl sites for hydroxylation is 1. The van der Waals surface area contributed by atoms with E-state index in [0.29, 0.717) is 17.5 Å². The van der Waals surface area contributed by atoms with Gasteiger partial charge in [0, 0.05) is 12.5 Å². The zero-order chi connectivity index (χ0) is 15.6. The third-order valence-corrected chi connectivity index (χ3v) is 3.93. The smallest absolute Gasteiger partial charge is 0.335 e. The van der Waals surface area contributed by atoms with Gasteiger partial charge in [0.05, 0.1) is 16.6 Å². The lowest BCUT2D eigenvalue weighted by Gasteiger charge is -2.18. The Bertz CT molecular complexity index is 644. The van der Waals surface area contributed by atoms with Crippen LogP contribution in [-0.2, 0) is 6.42 Å². The molecule has 0 aliphatic carbocycles. The van der Waals surface area contributed by atoms with Gasteiger partial charge in [-0.2, -0.15) is 0 Å². The fourth-order valence-electron chi connectivity index (χ4n) is 2.73. The van der Waals surface area contributed by atoms with Crippen molar-refractivity contribution in [2.75, 3.05) is 0 Å². The number of carboxylic acid groups (broad SMARTS) is 1. The average molecular weight is 288 g/mol. The molecule has 1 aromatic carbocycles. The van der Waals surface area contributed by atoms with Crippen molar-refractivity contribution >= 4 is 17.0 Å². The van der Waals surface area contributed by atoms with Crippen LogP contribution in [0.4, 0.5) is 0 Å². The molecule has 2 rings (SSSR count). The first-order chi connectivity index (χ1) is 9.93. The molecule has 4 nitrogen and oxygen atoms in total. The predicted octanol–water partition coefficient (Wildman–Crippen LogP) is 4.29. The second kappa shape index (κ2) is 6.29. The molecule has 0 aliphatic rings. The third kappa shape index (κ3) is 3.26. The number of carboxylic acids is 1. The maximum Gasteiger partial charge on any atom is 0.335 e. The summed E-state index contributed by atoms with van der Waals surface area (Å²) < 4.78 is 2.27. The Labute approximate surface area is 125 Å². The van der Waals surface area contributed by atoms with E-state index in [9.17, 15) is 4.79 Å². The highest BCUT2D eigenvalue weighted by molar-refractivity contribution is 5.92. The molecule has 0 radical (unpaired) electrons. The van der Waals surface area contributed by atoms with Crippen LogP contribution in [0.1, 0.15) is 62.8 Å². The first kappa shape index (κ1) is 15.5. The summed E-state index contributed by atoms with van der Waals surface area (Å²) in [7, 11) is 0. The van der Waals surface area contributed by atoms with E-state index in [4.69, 9.17) is 5.11 Å². The van der Waals surface area contributed by atoms with Crippen LogP contribution in [-0.4, -0.2) is 20.6 Å². The molecule has 0 bridgehead atoms. The zero-order valence-corrected chi connectivity index (χ0v) is 13.3. The Morgan fingerprint density at radius 2 is 2.00 bits per heavy atom. The van der Waals surface area contributed by atoms with Gasteiger partial charge in [-0.25, -0.2) is 9.78 Å². The van der Waals surface area contributed by atoms with Crippen molar-refractivity contribution in [1.29, 1.82) is 0 Å². The minimum atomic E-state index is -0.905. The van der Waals surface area contributed by atoms with E-state index >= 15 is 0 Å². The van der Waals surface area contributed by atoms with Gasteiger partial charge in [-0.1, -0.05) is 20.8 Å². The fraction of sp³-hybridized carbons (Fsp3) is 0.529. The number of imidazole rings is 1. The molecule has 1 heterocycles. The number of aromatic carboxylic acids is 1. The van der Waals surface area contributed by atoms with Gasteiger partial charge in [-0.05, 0) is 43.9 Å². The van der Waals surface area contributed by atoms with Crippen LogP contribution >= 0.6 is 0 Å². The SMILES string of the molecule is CCc1nc2cc(C(=O)O)ccc2n1C(C)CCC(C)C. The number of hydrogen-bond donors (Lipinski definition) is 1. The molecule has 114 valence electrons. The lowest BCUT2D eigenvalue weighted by atomic mass is 10.0. The van der Waals surface area contributed by atoms with E-state index in [0.717, 1.165) is 29.7 Å². The first-order valence-electron chi connectivity index (χ1n) is 7.68. The molecule has 21 heavy (non-hydrogen) atoms. The molecule has 2 aromatic rings. The molecule has 0 spiro atoms. The summed E-state index contributed by atoms with van der Waals surface area (Å²) in [5, 5.41) is 9.10. The number of nitrogens with zero attached hydrogens (tertiary/aromatic N) is 2. The largest absolute Gasteiger partial charge is 0.478 e. The van der Waals surface area contributed by atoms with Gasteiger partial charge in [-0.15, -0.1) is 0 Å². The second-order valence-corrected chi connectivity index (χ2v) is 6.08. The Morgan fingerprint density at radius 1 is 1.29 bits per heavy atom. The molecule has 4 heteroatoms. The van der Waals surface area contributed by atoms with Gasteiger partial charge in [0.1, 0.15) is 5.82 Å². The summed E-state index contributed by atoms with van der Waals surface area (Å²) in [6.07, 6.45) is 3.14. The maximum absolute atomic E-state index is 11.1. The van der Waals surface area contributed by atoms with Crippen LogP contribution in [0.15, 0.2) is 18.2 Å². The highest BCUT2D eigenvalue weighted by Gasteiger charge is 2.16. The van der Waals surface area contributed by atoms with Gasteiger partial charge < -0.3 is 9.67 Å². The molecule has 0 fully saturated rings. The van der Waals surface area contributed by atoms with Crippen molar-refractivity contribution in [2.24, 2.45) is 5.92 Å². The van der Waals surface area contributed by atoms with Gasteiger partial charge in [0.15, 0.2) is 0 Å². The van der Waals surface area contributed by atoms with Gasteiger partial charge in [-0.3, -0.25) is 0 Å². The predicted molar refractivity (Wildman–Crippen MR) is 84.9 cm³/mol. The van der Waals surface area contributed by atoms with E-state index in [2.05, 4.69) is 37.2 Å². The summed E-state index contributed by atoms with van der Waals surface area (Å²) in [5.41, 5.74) is 2.11. The van der Waals surface area contributed by atoms with Crippen molar-refractivity contribution in [3.05, 3.63) is 29.6 Å². The first-order valence-corrected chi connectivity index (χ1v) is 7.68.